The van der Waals surface area contributed by atoms with E-state index in [4.69, 9.17) is 11.6 Å². The molecule has 0 bridgehead atoms. The average Bonchev–Trinajstić information content (AvgIpc) is 2.54. The Bertz CT molecular complexity index is 627. The second kappa shape index (κ2) is 6.65. The van der Waals surface area contributed by atoms with E-state index in [0.29, 0.717) is 5.02 Å². The molecular weight excluding hydrogens is 298 g/mol. The van der Waals surface area contributed by atoms with Gasteiger partial charge in [-0.05, 0) is 37.4 Å². The van der Waals surface area contributed by atoms with Crippen LogP contribution in [0.15, 0.2) is 42.6 Å². The highest BCUT2D eigenvalue weighted by Crippen LogP contribution is 2.35. The van der Waals surface area contributed by atoms with Gasteiger partial charge in [-0.2, -0.15) is 0 Å². The molecule has 0 radical (unpaired) electrons. The summed E-state index contributed by atoms with van der Waals surface area (Å²) in [6.45, 7) is 3.88. The van der Waals surface area contributed by atoms with Gasteiger partial charge in [-0.1, -0.05) is 17.7 Å². The minimum absolute atomic E-state index is 0.0754. The minimum atomic E-state index is -0.0754. The van der Waals surface area contributed by atoms with Crippen LogP contribution in [-0.2, 0) is 0 Å². The van der Waals surface area contributed by atoms with Gasteiger partial charge in [-0.25, -0.2) is 0 Å². The molecule has 4 nitrogen and oxygen atoms in total. The fourth-order valence-corrected chi connectivity index (χ4v) is 3.09. The first-order valence-corrected chi connectivity index (χ1v) is 7.85. The second-order valence-electron chi connectivity index (χ2n) is 5.70. The number of benzene rings is 1. The van der Waals surface area contributed by atoms with Crippen LogP contribution in [0.25, 0.3) is 0 Å². The van der Waals surface area contributed by atoms with Gasteiger partial charge < -0.3 is 10.0 Å². The fraction of sp³-hybridized carbons (Fsp3) is 0.353. The minimum Gasteiger partial charge on any atom is -0.508 e. The van der Waals surface area contributed by atoms with E-state index in [1.165, 1.54) is 0 Å². The molecule has 116 valence electrons. The van der Waals surface area contributed by atoms with Crippen molar-refractivity contribution in [1.82, 2.24) is 14.8 Å². The molecule has 1 aromatic carbocycles. The summed E-state index contributed by atoms with van der Waals surface area (Å²) in [5, 5.41) is 11.0. The van der Waals surface area contributed by atoms with Crippen molar-refractivity contribution in [2.24, 2.45) is 0 Å². The van der Waals surface area contributed by atoms with Crippen LogP contribution in [0.4, 0.5) is 0 Å². The lowest BCUT2D eigenvalue weighted by Crippen LogP contribution is -2.46. The maximum atomic E-state index is 10.3. The number of hydrogen-bond donors (Lipinski definition) is 1. The summed E-state index contributed by atoms with van der Waals surface area (Å²) < 4.78 is 0. The largest absolute Gasteiger partial charge is 0.508 e. The predicted molar refractivity (Wildman–Crippen MR) is 88.3 cm³/mol. The highest BCUT2D eigenvalue weighted by molar-refractivity contribution is 6.30. The summed E-state index contributed by atoms with van der Waals surface area (Å²) in [6.07, 6.45) is 1.79. The zero-order chi connectivity index (χ0) is 15.5. The summed E-state index contributed by atoms with van der Waals surface area (Å²) in [5.41, 5.74) is 1.75. The number of nitrogens with zero attached hydrogens (tertiary/aromatic N) is 3. The Morgan fingerprint density at radius 3 is 2.59 bits per heavy atom. The van der Waals surface area contributed by atoms with Crippen molar-refractivity contribution >= 4 is 11.6 Å². The molecule has 2 aromatic rings. The topological polar surface area (TPSA) is 39.6 Å². The Balaban J connectivity index is 2.01. The number of phenols is 1. The number of hydrogen-bond acceptors (Lipinski definition) is 4. The van der Waals surface area contributed by atoms with Gasteiger partial charge in [0.2, 0.25) is 0 Å². The molecule has 1 aliphatic rings. The molecule has 1 unspecified atom stereocenters. The molecule has 1 N–H and O–H groups in total. The molecule has 1 fully saturated rings. The third-order valence-corrected chi connectivity index (χ3v) is 4.39. The predicted octanol–water partition coefficient (Wildman–Crippen LogP) is 2.78. The maximum absolute atomic E-state index is 10.3. The summed E-state index contributed by atoms with van der Waals surface area (Å²) in [7, 11) is 2.13. The first-order valence-electron chi connectivity index (χ1n) is 7.47. The van der Waals surface area contributed by atoms with Gasteiger partial charge in [0.1, 0.15) is 5.75 Å². The molecule has 0 saturated carbocycles. The standard InChI is InChI=1S/C17H20ClN3O/c1-20-8-10-21(11-9-20)17(15-4-2-3-7-19-15)14-12-13(18)5-6-16(14)22/h2-7,12,17,22H,8-11H2,1H3. The van der Waals surface area contributed by atoms with Crippen LogP contribution in [0, 0.1) is 0 Å². The number of aromatic nitrogens is 1. The molecule has 3 rings (SSSR count). The van der Waals surface area contributed by atoms with Gasteiger partial charge in [-0.15, -0.1) is 0 Å². The van der Waals surface area contributed by atoms with Crippen LogP contribution < -0.4 is 0 Å². The van der Waals surface area contributed by atoms with Crippen LogP contribution in [-0.4, -0.2) is 53.1 Å². The van der Waals surface area contributed by atoms with E-state index < -0.39 is 0 Å². The van der Waals surface area contributed by atoms with Crippen molar-refractivity contribution in [2.45, 2.75) is 6.04 Å². The molecule has 2 heterocycles. The zero-order valence-corrected chi connectivity index (χ0v) is 13.4. The van der Waals surface area contributed by atoms with Crippen LogP contribution in [0.3, 0.4) is 0 Å². The Morgan fingerprint density at radius 1 is 1.14 bits per heavy atom. The quantitative estimate of drug-likeness (QED) is 0.945. The van der Waals surface area contributed by atoms with Crippen LogP contribution in [0.1, 0.15) is 17.3 Å². The van der Waals surface area contributed by atoms with Gasteiger partial charge in [0.05, 0.1) is 11.7 Å². The molecule has 22 heavy (non-hydrogen) atoms. The summed E-state index contributed by atoms with van der Waals surface area (Å²) in [6, 6.07) is 11.0. The third kappa shape index (κ3) is 3.24. The van der Waals surface area contributed by atoms with Gasteiger partial charge in [0.25, 0.3) is 0 Å². The van der Waals surface area contributed by atoms with Gasteiger partial charge in [-0.3, -0.25) is 9.88 Å². The number of aromatic hydroxyl groups is 1. The van der Waals surface area contributed by atoms with Crippen LogP contribution in [0.2, 0.25) is 5.02 Å². The molecule has 1 atom stereocenters. The Labute approximate surface area is 136 Å². The zero-order valence-electron chi connectivity index (χ0n) is 12.6. The van der Waals surface area contributed by atoms with Crippen LogP contribution in [0.5, 0.6) is 5.75 Å². The van der Waals surface area contributed by atoms with E-state index in [9.17, 15) is 5.11 Å². The molecule has 0 spiro atoms. The van der Waals surface area contributed by atoms with Crippen molar-refractivity contribution in [2.75, 3.05) is 33.2 Å². The molecule has 1 aliphatic heterocycles. The number of halogens is 1. The molecular formula is C17H20ClN3O. The maximum Gasteiger partial charge on any atom is 0.120 e. The van der Waals surface area contributed by atoms with Gasteiger partial charge >= 0.3 is 0 Å². The van der Waals surface area contributed by atoms with Crippen molar-refractivity contribution in [3.63, 3.8) is 0 Å². The molecule has 5 heteroatoms. The Hall–Kier alpha value is -1.62. The van der Waals surface area contributed by atoms with Crippen molar-refractivity contribution in [1.29, 1.82) is 0 Å². The fourth-order valence-electron chi connectivity index (χ4n) is 2.91. The molecule has 0 amide bonds. The highest BCUT2D eigenvalue weighted by Gasteiger charge is 2.28. The lowest BCUT2D eigenvalue weighted by atomic mass is 9.99. The molecule has 1 aromatic heterocycles. The Kier molecular flexibility index (Phi) is 4.62. The van der Waals surface area contributed by atoms with E-state index >= 15 is 0 Å². The second-order valence-corrected chi connectivity index (χ2v) is 6.14. The van der Waals surface area contributed by atoms with E-state index in [0.717, 1.165) is 37.4 Å². The van der Waals surface area contributed by atoms with E-state index in [-0.39, 0.29) is 11.8 Å². The van der Waals surface area contributed by atoms with E-state index in [1.807, 2.05) is 24.3 Å². The van der Waals surface area contributed by atoms with E-state index in [1.54, 1.807) is 18.3 Å². The van der Waals surface area contributed by atoms with Crippen molar-refractivity contribution in [3.8, 4) is 5.75 Å². The third-order valence-electron chi connectivity index (χ3n) is 4.16. The normalized spacial score (nSPS) is 18.3. The van der Waals surface area contributed by atoms with Crippen LogP contribution >= 0.6 is 11.6 Å². The van der Waals surface area contributed by atoms with Gasteiger partial charge in [0.15, 0.2) is 0 Å². The van der Waals surface area contributed by atoms with Gasteiger partial charge in [0, 0.05) is 43.0 Å². The first-order chi connectivity index (χ1) is 10.6. The van der Waals surface area contributed by atoms with E-state index in [2.05, 4.69) is 21.8 Å². The number of rotatable bonds is 3. The average molecular weight is 318 g/mol. The summed E-state index contributed by atoms with van der Waals surface area (Å²) >= 11 is 6.15. The number of phenolic OH excluding ortho intramolecular Hbond substituents is 1. The smallest absolute Gasteiger partial charge is 0.120 e. The number of pyridine rings is 1. The SMILES string of the molecule is CN1CCN(C(c2ccccn2)c2cc(Cl)ccc2O)CC1. The monoisotopic (exact) mass is 317 g/mol. The Morgan fingerprint density at radius 2 is 1.91 bits per heavy atom. The number of likely N-dealkylation sites (N-methyl/N-ethyl adjacent to an activating group) is 1. The molecule has 0 aliphatic carbocycles. The highest BCUT2D eigenvalue weighted by atomic mass is 35.5. The summed E-state index contributed by atoms with van der Waals surface area (Å²) in [5.74, 6) is 0.263. The molecule has 1 saturated heterocycles. The number of piperazine rings is 1. The van der Waals surface area contributed by atoms with Crippen molar-refractivity contribution in [3.05, 3.63) is 58.9 Å². The lowest BCUT2D eigenvalue weighted by Gasteiger charge is -2.38. The lowest BCUT2D eigenvalue weighted by molar-refractivity contribution is 0.124. The first kappa shape index (κ1) is 15.3. The van der Waals surface area contributed by atoms with Crippen molar-refractivity contribution < 1.29 is 5.11 Å². The summed E-state index contributed by atoms with van der Waals surface area (Å²) in [4.78, 5) is 9.18.